The van der Waals surface area contributed by atoms with Crippen molar-refractivity contribution >= 4 is 17.4 Å². The molecule has 0 aliphatic rings. The minimum Gasteiger partial charge on any atom is -0.384 e. The lowest BCUT2D eigenvalue weighted by molar-refractivity contribution is -0.137. The van der Waals surface area contributed by atoms with E-state index in [9.17, 15) is 13.2 Å². The van der Waals surface area contributed by atoms with Crippen LogP contribution in [-0.4, -0.2) is 17.3 Å². The van der Waals surface area contributed by atoms with Crippen LogP contribution in [0.5, 0.6) is 0 Å². The minimum absolute atomic E-state index is 0.591. The summed E-state index contributed by atoms with van der Waals surface area (Å²) in [5.74, 6) is 0.728. The summed E-state index contributed by atoms with van der Waals surface area (Å²) in [7, 11) is 0. The summed E-state index contributed by atoms with van der Waals surface area (Å²) in [5.41, 5.74) is 1.51. The lowest BCUT2D eigenvalue weighted by atomic mass is 10.2. The highest BCUT2D eigenvalue weighted by Gasteiger charge is 2.30. The zero-order chi connectivity index (χ0) is 15.3. The number of thioether (sulfide) groups is 1. The monoisotopic (exact) mass is 312 g/mol. The normalized spacial score (nSPS) is 11.4. The Hall–Kier alpha value is -1.69. The highest BCUT2D eigenvalue weighted by molar-refractivity contribution is 7.99. The minimum atomic E-state index is -4.33. The van der Waals surface area contributed by atoms with Crippen molar-refractivity contribution in [2.45, 2.75) is 18.1 Å². The Bertz CT molecular complexity index is 565. The standard InChI is InChI=1S/C15H15F3N2S/c1-11-2-5-13(6-3-11)19-8-9-21-14-7-4-12(10-20-14)15(16,17)18/h2-7,10,19H,8-9H2,1H3. The van der Waals surface area contributed by atoms with Gasteiger partial charge in [0.1, 0.15) is 0 Å². The van der Waals surface area contributed by atoms with Gasteiger partial charge in [-0.3, -0.25) is 0 Å². The topological polar surface area (TPSA) is 24.9 Å². The van der Waals surface area contributed by atoms with E-state index < -0.39 is 11.7 Å². The molecule has 112 valence electrons. The van der Waals surface area contributed by atoms with E-state index in [-0.39, 0.29) is 0 Å². The van der Waals surface area contributed by atoms with Crippen LogP contribution in [0.2, 0.25) is 0 Å². The quantitative estimate of drug-likeness (QED) is 0.644. The van der Waals surface area contributed by atoms with Crippen LogP contribution < -0.4 is 5.32 Å². The molecule has 0 bridgehead atoms. The molecular formula is C15H15F3N2S. The fourth-order valence-corrected chi connectivity index (χ4v) is 2.36. The molecule has 1 N–H and O–H groups in total. The van der Waals surface area contributed by atoms with Crippen molar-refractivity contribution in [2.75, 3.05) is 17.6 Å². The SMILES string of the molecule is Cc1ccc(NCCSc2ccc(C(F)(F)F)cn2)cc1. The molecule has 0 atom stereocenters. The van der Waals surface area contributed by atoms with Gasteiger partial charge >= 0.3 is 6.18 Å². The molecule has 1 aromatic heterocycles. The second kappa shape index (κ2) is 6.85. The molecule has 0 fully saturated rings. The van der Waals surface area contributed by atoms with E-state index in [0.29, 0.717) is 5.03 Å². The van der Waals surface area contributed by atoms with Crippen molar-refractivity contribution in [1.82, 2.24) is 4.98 Å². The predicted octanol–water partition coefficient (Wildman–Crippen LogP) is 4.61. The van der Waals surface area contributed by atoms with Gasteiger partial charge in [0.15, 0.2) is 0 Å². The van der Waals surface area contributed by atoms with E-state index >= 15 is 0 Å². The molecule has 0 aliphatic heterocycles. The smallest absolute Gasteiger partial charge is 0.384 e. The summed E-state index contributed by atoms with van der Waals surface area (Å²) < 4.78 is 37.2. The van der Waals surface area contributed by atoms with Gasteiger partial charge in [0, 0.05) is 24.2 Å². The van der Waals surface area contributed by atoms with Crippen molar-refractivity contribution in [2.24, 2.45) is 0 Å². The van der Waals surface area contributed by atoms with E-state index in [1.54, 1.807) is 0 Å². The number of hydrogen-bond donors (Lipinski definition) is 1. The molecule has 0 saturated heterocycles. The highest BCUT2D eigenvalue weighted by Crippen LogP contribution is 2.29. The molecule has 0 unspecified atom stereocenters. The number of rotatable bonds is 5. The molecule has 0 spiro atoms. The summed E-state index contributed by atoms with van der Waals surface area (Å²) in [6, 6.07) is 10.5. The van der Waals surface area contributed by atoms with Crippen LogP contribution in [0, 0.1) is 6.92 Å². The maximum atomic E-state index is 12.4. The molecule has 6 heteroatoms. The third-order valence-electron chi connectivity index (χ3n) is 2.80. The maximum absolute atomic E-state index is 12.4. The lowest BCUT2D eigenvalue weighted by Gasteiger charge is -2.08. The van der Waals surface area contributed by atoms with Crippen molar-refractivity contribution in [3.63, 3.8) is 0 Å². The average Bonchev–Trinajstić information content (AvgIpc) is 2.45. The van der Waals surface area contributed by atoms with Crippen LogP contribution in [-0.2, 0) is 6.18 Å². The summed E-state index contributed by atoms with van der Waals surface area (Å²) in [6.45, 7) is 2.74. The van der Waals surface area contributed by atoms with E-state index in [1.165, 1.54) is 23.4 Å². The summed E-state index contributed by atoms with van der Waals surface area (Å²) in [5, 5.41) is 3.84. The molecule has 0 radical (unpaired) electrons. The van der Waals surface area contributed by atoms with Gasteiger partial charge in [-0.05, 0) is 31.2 Å². The first-order valence-corrected chi connectivity index (χ1v) is 7.40. The first kappa shape index (κ1) is 15.7. The number of nitrogens with zero attached hydrogens (tertiary/aromatic N) is 1. The number of aromatic nitrogens is 1. The first-order valence-electron chi connectivity index (χ1n) is 6.42. The third kappa shape index (κ3) is 4.97. The Morgan fingerprint density at radius 2 is 1.81 bits per heavy atom. The Kier molecular flexibility index (Phi) is 5.12. The van der Waals surface area contributed by atoms with Gasteiger partial charge in [0.2, 0.25) is 0 Å². The second-order valence-corrected chi connectivity index (χ2v) is 5.64. The number of anilines is 1. The van der Waals surface area contributed by atoms with Crippen molar-refractivity contribution in [3.8, 4) is 0 Å². The van der Waals surface area contributed by atoms with Crippen LogP contribution in [0.1, 0.15) is 11.1 Å². The predicted molar refractivity (Wildman–Crippen MR) is 79.6 cm³/mol. The van der Waals surface area contributed by atoms with Crippen LogP contribution in [0.15, 0.2) is 47.6 Å². The fraction of sp³-hybridized carbons (Fsp3) is 0.267. The summed E-state index contributed by atoms with van der Waals surface area (Å²) >= 11 is 1.42. The van der Waals surface area contributed by atoms with E-state index in [4.69, 9.17) is 0 Å². The summed E-state index contributed by atoms with van der Waals surface area (Å²) in [6.07, 6.45) is -3.46. The number of benzene rings is 1. The number of pyridine rings is 1. The molecule has 21 heavy (non-hydrogen) atoms. The molecule has 1 heterocycles. The Morgan fingerprint density at radius 3 is 2.38 bits per heavy atom. The number of hydrogen-bond acceptors (Lipinski definition) is 3. The van der Waals surface area contributed by atoms with Crippen molar-refractivity contribution in [3.05, 3.63) is 53.7 Å². The van der Waals surface area contributed by atoms with E-state index in [2.05, 4.69) is 10.3 Å². The number of halogens is 3. The molecule has 1 aromatic carbocycles. The lowest BCUT2D eigenvalue weighted by Crippen LogP contribution is -2.06. The van der Waals surface area contributed by atoms with Gasteiger partial charge in [-0.25, -0.2) is 4.98 Å². The number of aryl methyl sites for hydroxylation is 1. The molecule has 0 aliphatic carbocycles. The average molecular weight is 312 g/mol. The molecular weight excluding hydrogens is 297 g/mol. The Labute approximate surface area is 125 Å². The van der Waals surface area contributed by atoms with Gasteiger partial charge in [0.05, 0.1) is 10.6 Å². The van der Waals surface area contributed by atoms with Crippen LogP contribution in [0.25, 0.3) is 0 Å². The molecule has 2 rings (SSSR count). The zero-order valence-electron chi connectivity index (χ0n) is 11.4. The van der Waals surface area contributed by atoms with Gasteiger partial charge in [0.25, 0.3) is 0 Å². The largest absolute Gasteiger partial charge is 0.417 e. The number of nitrogens with one attached hydrogen (secondary N) is 1. The van der Waals surface area contributed by atoms with Crippen LogP contribution >= 0.6 is 11.8 Å². The van der Waals surface area contributed by atoms with Crippen LogP contribution in [0.3, 0.4) is 0 Å². The van der Waals surface area contributed by atoms with E-state index in [0.717, 1.165) is 30.2 Å². The molecule has 2 nitrogen and oxygen atoms in total. The van der Waals surface area contributed by atoms with Crippen LogP contribution in [0.4, 0.5) is 18.9 Å². The zero-order valence-corrected chi connectivity index (χ0v) is 12.3. The Morgan fingerprint density at radius 1 is 1.10 bits per heavy atom. The van der Waals surface area contributed by atoms with E-state index in [1.807, 2.05) is 31.2 Å². The Balaban J connectivity index is 1.77. The number of alkyl halides is 3. The van der Waals surface area contributed by atoms with Gasteiger partial charge < -0.3 is 5.32 Å². The van der Waals surface area contributed by atoms with Crippen molar-refractivity contribution in [1.29, 1.82) is 0 Å². The molecule has 2 aromatic rings. The second-order valence-electron chi connectivity index (χ2n) is 4.52. The molecule has 0 amide bonds. The molecule has 0 saturated carbocycles. The highest BCUT2D eigenvalue weighted by atomic mass is 32.2. The van der Waals surface area contributed by atoms with Gasteiger partial charge in [-0.1, -0.05) is 17.7 Å². The summed E-state index contributed by atoms with van der Waals surface area (Å²) in [4.78, 5) is 3.82. The maximum Gasteiger partial charge on any atom is 0.417 e. The van der Waals surface area contributed by atoms with Crippen molar-refractivity contribution < 1.29 is 13.2 Å². The fourth-order valence-electron chi connectivity index (χ4n) is 1.66. The van der Waals surface area contributed by atoms with Gasteiger partial charge in [-0.2, -0.15) is 13.2 Å². The third-order valence-corrected chi connectivity index (χ3v) is 3.74. The van der Waals surface area contributed by atoms with Gasteiger partial charge in [-0.15, -0.1) is 11.8 Å². The first-order chi connectivity index (χ1) is 9.95.